The number of amides is 6. The average Bonchev–Trinajstić information content (AvgIpc) is 3.50. The minimum atomic E-state index is -0.525. The number of rotatable bonds is 12. The van der Waals surface area contributed by atoms with Gasteiger partial charge in [0.1, 0.15) is 0 Å². The van der Waals surface area contributed by atoms with Crippen molar-refractivity contribution in [2.24, 2.45) is 17.6 Å². The summed E-state index contributed by atoms with van der Waals surface area (Å²) in [5.74, 6) is 0.945. The Hall–Kier alpha value is -2.60. The zero-order valence-corrected chi connectivity index (χ0v) is 23.9. The van der Waals surface area contributed by atoms with Crippen LogP contribution >= 0.6 is 11.8 Å². The second-order valence-electron chi connectivity index (χ2n) is 10.4. The second kappa shape index (κ2) is 17.8. The summed E-state index contributed by atoms with van der Waals surface area (Å²) in [6.45, 7) is 9.43. The van der Waals surface area contributed by atoms with E-state index in [0.29, 0.717) is 36.2 Å². The van der Waals surface area contributed by atoms with Crippen molar-refractivity contribution in [3.05, 3.63) is 12.2 Å². The fourth-order valence-electron chi connectivity index (χ4n) is 3.74. The minimum Gasteiger partial charge on any atom is -0.396 e. The van der Waals surface area contributed by atoms with Gasteiger partial charge in [0.05, 0.1) is 12.1 Å². The Morgan fingerprint density at radius 1 is 1.08 bits per heavy atom. The van der Waals surface area contributed by atoms with E-state index in [4.69, 9.17) is 10.8 Å². The lowest BCUT2D eigenvalue weighted by Gasteiger charge is -2.16. The van der Waals surface area contributed by atoms with Gasteiger partial charge in [-0.2, -0.15) is 11.8 Å². The van der Waals surface area contributed by atoms with Crippen LogP contribution in [0.4, 0.5) is 4.79 Å². The molecule has 3 aliphatic heterocycles. The molecule has 3 rings (SSSR count). The summed E-state index contributed by atoms with van der Waals surface area (Å²) in [6.07, 6.45) is 7.07. The molecule has 2 fully saturated rings. The number of primary amides is 1. The Morgan fingerprint density at radius 3 is 2.26 bits per heavy atom. The highest BCUT2D eigenvalue weighted by atomic mass is 32.2. The van der Waals surface area contributed by atoms with Crippen LogP contribution in [0.15, 0.2) is 12.2 Å². The summed E-state index contributed by atoms with van der Waals surface area (Å²) >= 11 is 1.93. The van der Waals surface area contributed by atoms with Crippen molar-refractivity contribution in [3.8, 4) is 0 Å². The Labute approximate surface area is 230 Å². The zero-order valence-electron chi connectivity index (χ0n) is 23.0. The monoisotopic (exact) mass is 555 g/mol. The number of urea groups is 1. The van der Waals surface area contributed by atoms with E-state index in [9.17, 15) is 24.0 Å². The van der Waals surface area contributed by atoms with Crippen LogP contribution in [0.25, 0.3) is 0 Å². The molecule has 11 nitrogen and oxygen atoms in total. The Morgan fingerprint density at radius 2 is 1.71 bits per heavy atom. The molecule has 3 heterocycles. The molecule has 0 spiro atoms. The van der Waals surface area contributed by atoms with Crippen LogP contribution in [-0.2, 0) is 19.2 Å². The topological polar surface area (TPSA) is 171 Å². The highest BCUT2D eigenvalue weighted by Crippen LogP contribution is 2.33. The van der Waals surface area contributed by atoms with Crippen LogP contribution in [0.2, 0.25) is 0 Å². The molecule has 0 aromatic carbocycles. The maximum absolute atomic E-state index is 11.7. The van der Waals surface area contributed by atoms with E-state index in [1.54, 1.807) is 0 Å². The van der Waals surface area contributed by atoms with Crippen LogP contribution in [0.1, 0.15) is 66.2 Å². The normalized spacial score (nSPS) is 21.4. The molecule has 38 heavy (non-hydrogen) atoms. The van der Waals surface area contributed by atoms with E-state index in [1.165, 1.54) is 12.2 Å². The van der Waals surface area contributed by atoms with Gasteiger partial charge in [0.2, 0.25) is 11.8 Å². The molecule has 0 aromatic heterocycles. The largest absolute Gasteiger partial charge is 0.396 e. The number of aliphatic hydroxyl groups is 1. The maximum atomic E-state index is 11.7. The third-order valence-electron chi connectivity index (χ3n) is 5.97. The molecule has 2 saturated heterocycles. The van der Waals surface area contributed by atoms with Crippen molar-refractivity contribution in [2.75, 3.05) is 25.4 Å². The summed E-state index contributed by atoms with van der Waals surface area (Å²) in [5, 5.41) is 17.6. The van der Waals surface area contributed by atoms with Gasteiger partial charge in [0, 0.05) is 55.7 Å². The first-order valence-electron chi connectivity index (χ1n) is 13.3. The predicted octanol–water partition coefficient (Wildman–Crippen LogP) is 1.30. The van der Waals surface area contributed by atoms with Gasteiger partial charge < -0.3 is 26.8 Å². The van der Waals surface area contributed by atoms with Gasteiger partial charge in [-0.3, -0.25) is 24.1 Å². The maximum Gasteiger partial charge on any atom is 0.315 e. The first-order valence-corrected chi connectivity index (χ1v) is 14.4. The molecule has 0 saturated carbocycles. The molecular formula is C26H45N5O6S. The van der Waals surface area contributed by atoms with Gasteiger partial charge in [-0.25, -0.2) is 4.79 Å². The molecule has 216 valence electrons. The molecule has 3 aliphatic rings. The number of nitrogens with one attached hydrogen (secondary N) is 3. The Kier molecular flexibility index (Phi) is 15.7. The summed E-state index contributed by atoms with van der Waals surface area (Å²) < 4.78 is 0. The van der Waals surface area contributed by atoms with Crippen molar-refractivity contribution in [1.82, 2.24) is 20.9 Å². The molecule has 0 bridgehead atoms. The summed E-state index contributed by atoms with van der Waals surface area (Å²) in [6, 6.07) is 0.550. The molecule has 6 N–H and O–H groups in total. The van der Waals surface area contributed by atoms with Crippen LogP contribution in [0, 0.1) is 11.8 Å². The van der Waals surface area contributed by atoms with E-state index >= 15 is 0 Å². The molecule has 6 amide bonds. The number of carbonyl (C=O) groups excluding carboxylic acids is 5. The Balaban J connectivity index is 0.000000357. The molecule has 0 aromatic rings. The number of aliphatic hydroxyl groups excluding tert-OH is 1. The smallest absolute Gasteiger partial charge is 0.315 e. The highest BCUT2D eigenvalue weighted by Gasteiger charge is 2.42. The van der Waals surface area contributed by atoms with Crippen LogP contribution in [0.5, 0.6) is 0 Å². The van der Waals surface area contributed by atoms with Crippen LogP contribution < -0.4 is 21.7 Å². The van der Waals surface area contributed by atoms with E-state index < -0.39 is 5.91 Å². The predicted molar refractivity (Wildman–Crippen MR) is 148 cm³/mol. The first-order chi connectivity index (χ1) is 17.9. The third kappa shape index (κ3) is 13.3. The number of unbranched alkanes of at least 4 members (excludes halogenated alkanes) is 1. The number of imide groups is 1. The summed E-state index contributed by atoms with van der Waals surface area (Å²) in [5.41, 5.74) is 4.85. The fraction of sp³-hybridized carbons (Fsp3) is 0.731. The number of nitrogens with two attached hydrogens (primary N) is 1. The third-order valence-corrected chi connectivity index (χ3v) is 7.48. The standard InChI is InChI=1S/C15H27N3O2S.C7H8N2O3.C4H10O/c1-10(2)7-8-16-13(19)6-4-3-5-12-14-11(9-21-12)17-15(20)18-14;8-5(10)3-4-9-6(11)1-2-7(9)12;1-4(2)3-5/h10-12,14H,3-9H2,1-2H3,(H,16,19)(H2,17,18,20);1-2H,3-4H2,(H2,8,10);4-5H,3H2,1-2H3. The van der Waals surface area contributed by atoms with Gasteiger partial charge in [-0.1, -0.05) is 34.1 Å². The minimum absolute atomic E-state index is 0.0131. The van der Waals surface area contributed by atoms with Crippen molar-refractivity contribution >= 4 is 41.4 Å². The average molecular weight is 556 g/mol. The van der Waals surface area contributed by atoms with Crippen molar-refractivity contribution in [1.29, 1.82) is 0 Å². The lowest BCUT2D eigenvalue weighted by molar-refractivity contribution is -0.137. The zero-order chi connectivity index (χ0) is 28.7. The number of nitrogens with zero attached hydrogens (tertiary/aromatic N) is 1. The van der Waals surface area contributed by atoms with E-state index in [2.05, 4.69) is 29.8 Å². The molecular weight excluding hydrogens is 510 g/mol. The number of hydrogen-bond donors (Lipinski definition) is 5. The highest BCUT2D eigenvalue weighted by molar-refractivity contribution is 8.00. The lowest BCUT2D eigenvalue weighted by Crippen LogP contribution is -2.36. The fourth-order valence-corrected chi connectivity index (χ4v) is 5.28. The van der Waals surface area contributed by atoms with Crippen LogP contribution in [-0.4, -0.2) is 82.4 Å². The van der Waals surface area contributed by atoms with Crippen molar-refractivity contribution in [3.63, 3.8) is 0 Å². The van der Waals surface area contributed by atoms with E-state index in [1.807, 2.05) is 25.6 Å². The molecule has 0 radical (unpaired) electrons. The van der Waals surface area contributed by atoms with Gasteiger partial charge in [0.25, 0.3) is 11.8 Å². The van der Waals surface area contributed by atoms with Crippen molar-refractivity contribution < 1.29 is 29.1 Å². The molecule has 0 aliphatic carbocycles. The SMILES string of the molecule is CC(C)CCNC(=O)CCCCC1SCC2NC(=O)NC21.CC(C)CO.NC(=O)CCN1C(=O)C=CC1=O. The van der Waals surface area contributed by atoms with Gasteiger partial charge >= 0.3 is 6.03 Å². The van der Waals surface area contributed by atoms with Crippen LogP contribution in [0.3, 0.4) is 0 Å². The number of hydrogen-bond acceptors (Lipinski definition) is 7. The number of carbonyl (C=O) groups is 5. The van der Waals surface area contributed by atoms with Crippen molar-refractivity contribution in [2.45, 2.75) is 83.6 Å². The number of thioether (sulfide) groups is 1. The second-order valence-corrected chi connectivity index (χ2v) is 11.6. The Bertz CT molecular complexity index is 817. The summed E-state index contributed by atoms with van der Waals surface area (Å²) in [7, 11) is 0. The van der Waals surface area contributed by atoms with E-state index in [0.717, 1.165) is 42.9 Å². The molecule has 3 unspecified atom stereocenters. The number of fused-ring (bicyclic) bond motifs is 1. The van der Waals surface area contributed by atoms with E-state index in [-0.39, 0.29) is 42.8 Å². The quantitative estimate of drug-likeness (QED) is 0.137. The molecule has 3 atom stereocenters. The van der Waals surface area contributed by atoms with Gasteiger partial charge in [-0.15, -0.1) is 0 Å². The molecule has 12 heteroatoms. The lowest BCUT2D eigenvalue weighted by atomic mass is 10.0. The summed E-state index contributed by atoms with van der Waals surface area (Å²) in [4.78, 5) is 56.0. The first kappa shape index (κ1) is 33.4. The van der Waals surface area contributed by atoms with Gasteiger partial charge in [0.15, 0.2) is 0 Å². The van der Waals surface area contributed by atoms with Gasteiger partial charge in [-0.05, 0) is 31.1 Å².